The van der Waals surface area contributed by atoms with Gasteiger partial charge in [-0.3, -0.25) is 0 Å². The van der Waals surface area contributed by atoms with E-state index in [2.05, 4.69) is 10.3 Å². The monoisotopic (exact) mass is 248 g/mol. The average Bonchev–Trinajstić information content (AvgIpc) is 2.91. The molecule has 0 fully saturated rings. The molecule has 0 spiro atoms. The third-order valence-electron chi connectivity index (χ3n) is 2.56. The summed E-state index contributed by atoms with van der Waals surface area (Å²) in [5.41, 5.74) is 1.12. The second kappa shape index (κ2) is 6.07. The number of hydrogen-bond acceptors (Lipinski definition) is 5. The van der Waals surface area contributed by atoms with Gasteiger partial charge in [0, 0.05) is 6.54 Å². The number of hydrogen-bond donors (Lipinski definition) is 1. The molecule has 1 heterocycles. The SMILES string of the molecule is COc1ccc(CNCc2cnco2)cc1OC. The molecule has 0 unspecified atom stereocenters. The summed E-state index contributed by atoms with van der Waals surface area (Å²) in [6.45, 7) is 1.37. The van der Waals surface area contributed by atoms with Gasteiger partial charge < -0.3 is 19.2 Å². The van der Waals surface area contributed by atoms with Crippen LogP contribution >= 0.6 is 0 Å². The van der Waals surface area contributed by atoms with Crippen LogP contribution in [0, 0.1) is 0 Å². The topological polar surface area (TPSA) is 56.5 Å². The zero-order valence-corrected chi connectivity index (χ0v) is 10.5. The smallest absolute Gasteiger partial charge is 0.180 e. The molecule has 1 aromatic heterocycles. The summed E-state index contributed by atoms with van der Waals surface area (Å²) in [5.74, 6) is 2.28. The van der Waals surface area contributed by atoms with Crippen molar-refractivity contribution in [1.82, 2.24) is 10.3 Å². The minimum absolute atomic E-state index is 0.647. The van der Waals surface area contributed by atoms with E-state index in [1.165, 1.54) is 6.39 Å². The molecule has 0 aliphatic carbocycles. The first-order valence-corrected chi connectivity index (χ1v) is 5.62. The highest BCUT2D eigenvalue weighted by Crippen LogP contribution is 2.27. The van der Waals surface area contributed by atoms with Gasteiger partial charge in [0.15, 0.2) is 17.9 Å². The van der Waals surface area contributed by atoms with Gasteiger partial charge in [-0.2, -0.15) is 0 Å². The maximum absolute atomic E-state index is 5.25. The fourth-order valence-electron chi connectivity index (χ4n) is 1.65. The molecule has 0 amide bonds. The number of rotatable bonds is 6. The van der Waals surface area contributed by atoms with Gasteiger partial charge in [0.2, 0.25) is 0 Å². The van der Waals surface area contributed by atoms with Crippen molar-refractivity contribution in [3.05, 3.63) is 42.1 Å². The van der Waals surface area contributed by atoms with Crippen LogP contribution in [-0.2, 0) is 13.1 Å². The number of benzene rings is 1. The number of aromatic nitrogens is 1. The molecule has 18 heavy (non-hydrogen) atoms. The molecule has 0 aliphatic rings. The van der Waals surface area contributed by atoms with E-state index in [-0.39, 0.29) is 0 Å². The van der Waals surface area contributed by atoms with Crippen LogP contribution < -0.4 is 14.8 Å². The zero-order valence-electron chi connectivity index (χ0n) is 10.5. The van der Waals surface area contributed by atoms with Crippen molar-refractivity contribution >= 4 is 0 Å². The van der Waals surface area contributed by atoms with Crippen LogP contribution in [0.25, 0.3) is 0 Å². The molecule has 2 aromatic rings. The lowest BCUT2D eigenvalue weighted by atomic mass is 10.2. The molecule has 5 heteroatoms. The Balaban J connectivity index is 1.93. The quantitative estimate of drug-likeness (QED) is 0.847. The molecule has 0 atom stereocenters. The fraction of sp³-hybridized carbons (Fsp3) is 0.308. The first-order chi connectivity index (χ1) is 8.83. The second-order valence-electron chi connectivity index (χ2n) is 3.76. The Kier molecular flexibility index (Phi) is 4.20. The van der Waals surface area contributed by atoms with Crippen molar-refractivity contribution in [3.63, 3.8) is 0 Å². The first kappa shape index (κ1) is 12.4. The highest BCUT2D eigenvalue weighted by atomic mass is 16.5. The molecule has 2 rings (SSSR count). The Morgan fingerprint density at radius 2 is 2.00 bits per heavy atom. The first-order valence-electron chi connectivity index (χ1n) is 5.62. The summed E-state index contributed by atoms with van der Waals surface area (Å²) < 4.78 is 15.6. The molecular formula is C13H16N2O3. The van der Waals surface area contributed by atoms with Crippen LogP contribution in [0.1, 0.15) is 11.3 Å². The van der Waals surface area contributed by atoms with Crippen LogP contribution in [-0.4, -0.2) is 19.2 Å². The van der Waals surface area contributed by atoms with Gasteiger partial charge in [0.25, 0.3) is 0 Å². The summed E-state index contributed by atoms with van der Waals surface area (Å²) in [4.78, 5) is 3.85. The molecule has 0 radical (unpaired) electrons. The third-order valence-corrected chi connectivity index (χ3v) is 2.56. The van der Waals surface area contributed by atoms with E-state index in [0.29, 0.717) is 6.54 Å². The molecule has 5 nitrogen and oxygen atoms in total. The fourth-order valence-corrected chi connectivity index (χ4v) is 1.65. The van der Waals surface area contributed by atoms with Crippen molar-refractivity contribution in [2.45, 2.75) is 13.1 Å². The van der Waals surface area contributed by atoms with Gasteiger partial charge in [-0.25, -0.2) is 4.98 Å². The highest BCUT2D eigenvalue weighted by molar-refractivity contribution is 5.42. The van der Waals surface area contributed by atoms with Crippen LogP contribution in [0.5, 0.6) is 11.5 Å². The van der Waals surface area contributed by atoms with E-state index in [1.54, 1.807) is 20.4 Å². The third kappa shape index (κ3) is 3.01. The Morgan fingerprint density at radius 3 is 2.67 bits per heavy atom. The highest BCUT2D eigenvalue weighted by Gasteiger charge is 2.04. The standard InChI is InChI=1S/C13H16N2O3/c1-16-12-4-3-10(5-13(12)17-2)6-14-7-11-8-15-9-18-11/h3-5,8-9,14H,6-7H2,1-2H3. The van der Waals surface area contributed by atoms with Crippen molar-refractivity contribution in [1.29, 1.82) is 0 Å². The molecule has 0 bridgehead atoms. The van der Waals surface area contributed by atoms with E-state index in [4.69, 9.17) is 13.9 Å². The Morgan fingerprint density at radius 1 is 1.17 bits per heavy atom. The van der Waals surface area contributed by atoms with E-state index in [0.717, 1.165) is 29.4 Å². The summed E-state index contributed by atoms with van der Waals surface area (Å²) >= 11 is 0. The second-order valence-corrected chi connectivity index (χ2v) is 3.76. The van der Waals surface area contributed by atoms with E-state index in [9.17, 15) is 0 Å². The van der Waals surface area contributed by atoms with Crippen LogP contribution in [0.2, 0.25) is 0 Å². The van der Waals surface area contributed by atoms with Crippen molar-refractivity contribution in [3.8, 4) is 11.5 Å². The molecule has 1 N–H and O–H groups in total. The lowest BCUT2D eigenvalue weighted by Crippen LogP contribution is -2.12. The van der Waals surface area contributed by atoms with E-state index < -0.39 is 0 Å². The Labute approximate surface area is 106 Å². The number of nitrogens with zero attached hydrogens (tertiary/aromatic N) is 1. The number of ether oxygens (including phenoxy) is 2. The largest absolute Gasteiger partial charge is 0.493 e. The predicted molar refractivity (Wildman–Crippen MR) is 66.6 cm³/mol. The maximum Gasteiger partial charge on any atom is 0.180 e. The Hall–Kier alpha value is -2.01. The lowest BCUT2D eigenvalue weighted by Gasteiger charge is -2.09. The molecular weight excluding hydrogens is 232 g/mol. The number of methoxy groups -OCH3 is 2. The van der Waals surface area contributed by atoms with Gasteiger partial charge in [-0.1, -0.05) is 6.07 Å². The molecule has 0 saturated heterocycles. The lowest BCUT2D eigenvalue weighted by molar-refractivity contribution is 0.354. The molecule has 96 valence electrons. The van der Waals surface area contributed by atoms with Gasteiger partial charge >= 0.3 is 0 Å². The van der Waals surface area contributed by atoms with Crippen molar-refractivity contribution in [2.24, 2.45) is 0 Å². The zero-order chi connectivity index (χ0) is 12.8. The van der Waals surface area contributed by atoms with E-state index >= 15 is 0 Å². The maximum atomic E-state index is 5.25. The average molecular weight is 248 g/mol. The van der Waals surface area contributed by atoms with Crippen LogP contribution in [0.4, 0.5) is 0 Å². The normalized spacial score (nSPS) is 10.3. The summed E-state index contributed by atoms with van der Waals surface area (Å²) in [6, 6.07) is 5.84. The van der Waals surface area contributed by atoms with Crippen molar-refractivity contribution in [2.75, 3.05) is 14.2 Å². The summed E-state index contributed by atoms with van der Waals surface area (Å²) in [7, 11) is 3.25. The molecule has 0 aliphatic heterocycles. The van der Waals surface area contributed by atoms with Gasteiger partial charge in [0.1, 0.15) is 5.76 Å². The van der Waals surface area contributed by atoms with Crippen molar-refractivity contribution < 1.29 is 13.9 Å². The minimum Gasteiger partial charge on any atom is -0.493 e. The Bertz CT molecular complexity index is 483. The minimum atomic E-state index is 0.647. The van der Waals surface area contributed by atoms with Crippen LogP contribution in [0.15, 0.2) is 35.2 Å². The van der Waals surface area contributed by atoms with E-state index in [1.807, 2.05) is 18.2 Å². The van der Waals surface area contributed by atoms with Gasteiger partial charge in [-0.15, -0.1) is 0 Å². The molecule has 1 aromatic carbocycles. The summed E-state index contributed by atoms with van der Waals surface area (Å²) in [6.07, 6.45) is 3.12. The van der Waals surface area contributed by atoms with Gasteiger partial charge in [0.05, 0.1) is 27.0 Å². The number of oxazole rings is 1. The van der Waals surface area contributed by atoms with Gasteiger partial charge in [-0.05, 0) is 17.7 Å². The predicted octanol–water partition coefficient (Wildman–Crippen LogP) is 1.98. The molecule has 0 saturated carbocycles. The summed E-state index contributed by atoms with van der Waals surface area (Å²) in [5, 5.41) is 3.26. The van der Waals surface area contributed by atoms with Crippen LogP contribution in [0.3, 0.4) is 0 Å². The number of nitrogens with one attached hydrogen (secondary N) is 1.